The molecule has 1 aromatic rings. The molecule has 0 spiro atoms. The highest BCUT2D eigenvalue weighted by Crippen LogP contribution is 2.38. The number of nitrogens with zero attached hydrogens (tertiary/aromatic N) is 1. The highest BCUT2D eigenvalue weighted by atomic mass is 32.1. The molecule has 0 radical (unpaired) electrons. The summed E-state index contributed by atoms with van der Waals surface area (Å²) < 4.78 is 10.9. The molecule has 1 aliphatic heterocycles. The predicted octanol–water partition coefficient (Wildman–Crippen LogP) is 2.02. The lowest BCUT2D eigenvalue weighted by molar-refractivity contribution is -0.122. The molecule has 1 amide bonds. The van der Waals surface area contributed by atoms with E-state index in [1.165, 1.54) is 5.56 Å². The third kappa shape index (κ3) is 3.87. The first-order valence-electron chi connectivity index (χ1n) is 9.16. The van der Waals surface area contributed by atoms with Gasteiger partial charge in [-0.15, -0.1) is 0 Å². The van der Waals surface area contributed by atoms with Crippen molar-refractivity contribution < 1.29 is 14.3 Å². The normalized spacial score (nSPS) is 18.7. The second-order valence-electron chi connectivity index (χ2n) is 6.72. The summed E-state index contributed by atoms with van der Waals surface area (Å²) in [4.78, 5) is 14.3. The molecule has 0 saturated heterocycles. The molecule has 2 N–H and O–H groups in total. The molecule has 142 valence electrons. The van der Waals surface area contributed by atoms with E-state index in [4.69, 9.17) is 21.7 Å². The van der Waals surface area contributed by atoms with Crippen LogP contribution in [0.25, 0.3) is 0 Å². The van der Waals surface area contributed by atoms with Gasteiger partial charge in [-0.25, -0.2) is 0 Å². The molecule has 0 aromatic heterocycles. The number of carbonyl (C=O) groups excluding carboxylic acids is 1. The zero-order valence-corrected chi connectivity index (χ0v) is 16.4. The highest BCUT2D eigenvalue weighted by Gasteiger charge is 2.33. The molecule has 1 saturated carbocycles. The summed E-state index contributed by atoms with van der Waals surface area (Å²) in [6, 6.07) is 4.04. The number of hydrogen-bond acceptors (Lipinski definition) is 4. The summed E-state index contributed by atoms with van der Waals surface area (Å²) in [6.07, 6.45) is 2.86. The number of thiocarbonyl (C=S) groups is 1. The lowest BCUT2D eigenvalue weighted by atomic mass is 9.92. The lowest BCUT2D eigenvalue weighted by Gasteiger charge is -2.39. The standard InChI is InChI=1S/C19H27N3O3S/c1-4-20-19(26)22-8-7-13-9-16(24-2)17(25-3)10-14(13)15(22)11-21-18(23)12-5-6-12/h9-10,12,15H,4-8,11H2,1-3H3,(H,20,26)(H,21,23)/t15-/m0/s1. The molecule has 3 rings (SSSR count). The molecule has 1 aromatic carbocycles. The third-order valence-corrected chi connectivity index (χ3v) is 5.39. The summed E-state index contributed by atoms with van der Waals surface area (Å²) in [5, 5.41) is 7.07. The largest absolute Gasteiger partial charge is 0.493 e. The molecule has 6 nitrogen and oxygen atoms in total. The van der Waals surface area contributed by atoms with Crippen LogP contribution in [-0.2, 0) is 11.2 Å². The van der Waals surface area contributed by atoms with E-state index in [0.29, 0.717) is 12.3 Å². The number of benzene rings is 1. The molecule has 1 atom stereocenters. The lowest BCUT2D eigenvalue weighted by Crippen LogP contribution is -2.49. The Hall–Kier alpha value is -2.02. The minimum atomic E-state index is -0.0205. The maximum absolute atomic E-state index is 12.2. The van der Waals surface area contributed by atoms with Crippen molar-refractivity contribution in [2.24, 2.45) is 5.92 Å². The molecule has 26 heavy (non-hydrogen) atoms. The van der Waals surface area contributed by atoms with Gasteiger partial charge in [-0.1, -0.05) is 0 Å². The van der Waals surface area contributed by atoms with E-state index in [-0.39, 0.29) is 17.9 Å². The second-order valence-corrected chi connectivity index (χ2v) is 7.11. The maximum atomic E-state index is 12.2. The van der Waals surface area contributed by atoms with E-state index in [2.05, 4.69) is 15.5 Å². The van der Waals surface area contributed by atoms with Gasteiger partial charge in [0.05, 0.1) is 20.3 Å². The summed E-state index contributed by atoms with van der Waals surface area (Å²) in [7, 11) is 3.28. The van der Waals surface area contributed by atoms with Crippen LogP contribution in [0.2, 0.25) is 0 Å². The molecule has 7 heteroatoms. The first-order chi connectivity index (χ1) is 12.6. The summed E-state index contributed by atoms with van der Waals surface area (Å²) in [5.74, 6) is 1.76. The number of methoxy groups -OCH3 is 2. The van der Waals surface area contributed by atoms with E-state index in [9.17, 15) is 4.79 Å². The zero-order valence-electron chi connectivity index (χ0n) is 15.6. The van der Waals surface area contributed by atoms with Crippen LogP contribution < -0.4 is 20.1 Å². The van der Waals surface area contributed by atoms with Crippen molar-refractivity contribution >= 4 is 23.2 Å². The number of hydrogen-bond donors (Lipinski definition) is 2. The molecular weight excluding hydrogens is 350 g/mol. The van der Waals surface area contributed by atoms with Gasteiger partial charge in [0, 0.05) is 25.6 Å². The first-order valence-corrected chi connectivity index (χ1v) is 9.56. The monoisotopic (exact) mass is 377 g/mol. The van der Waals surface area contributed by atoms with Crippen molar-refractivity contribution in [3.05, 3.63) is 23.3 Å². The van der Waals surface area contributed by atoms with Gasteiger partial charge in [0.1, 0.15) is 0 Å². The van der Waals surface area contributed by atoms with Gasteiger partial charge in [-0.2, -0.15) is 0 Å². The number of ether oxygens (including phenoxy) is 2. The van der Waals surface area contributed by atoms with E-state index in [1.54, 1.807) is 14.2 Å². The number of fused-ring (bicyclic) bond motifs is 1. The van der Waals surface area contributed by atoms with Crippen molar-refractivity contribution in [2.45, 2.75) is 32.2 Å². The van der Waals surface area contributed by atoms with Crippen LogP contribution in [-0.4, -0.2) is 49.8 Å². The Bertz CT molecular complexity index is 691. The Kier molecular flexibility index (Phi) is 5.86. The molecule has 0 bridgehead atoms. The number of nitrogens with one attached hydrogen (secondary N) is 2. The van der Waals surface area contributed by atoms with Gasteiger partial charge in [-0.3, -0.25) is 4.79 Å². The fraction of sp³-hybridized carbons (Fsp3) is 0.579. The smallest absolute Gasteiger partial charge is 0.223 e. The van der Waals surface area contributed by atoms with Crippen molar-refractivity contribution in [2.75, 3.05) is 33.9 Å². The topological polar surface area (TPSA) is 62.8 Å². The van der Waals surface area contributed by atoms with Crippen LogP contribution in [0, 0.1) is 5.92 Å². The zero-order chi connectivity index (χ0) is 18.7. The fourth-order valence-electron chi connectivity index (χ4n) is 3.43. The van der Waals surface area contributed by atoms with Crippen molar-refractivity contribution in [1.29, 1.82) is 0 Å². The van der Waals surface area contributed by atoms with Crippen LogP contribution in [0.4, 0.5) is 0 Å². The van der Waals surface area contributed by atoms with Gasteiger partial charge in [0.25, 0.3) is 0 Å². The average molecular weight is 378 g/mol. The van der Waals surface area contributed by atoms with Crippen molar-refractivity contribution in [3.8, 4) is 11.5 Å². The average Bonchev–Trinajstić information content (AvgIpc) is 3.49. The number of carbonyl (C=O) groups is 1. The Morgan fingerprint density at radius 3 is 2.54 bits per heavy atom. The van der Waals surface area contributed by atoms with Gasteiger partial charge in [0.15, 0.2) is 16.6 Å². The Morgan fingerprint density at radius 2 is 1.92 bits per heavy atom. The summed E-state index contributed by atoms with van der Waals surface area (Å²) >= 11 is 5.58. The third-order valence-electron chi connectivity index (χ3n) is 5.01. The number of amides is 1. The highest BCUT2D eigenvalue weighted by molar-refractivity contribution is 7.80. The van der Waals surface area contributed by atoms with Crippen LogP contribution in [0.1, 0.15) is 36.9 Å². The van der Waals surface area contributed by atoms with Crippen LogP contribution in [0.5, 0.6) is 11.5 Å². The molecule has 2 aliphatic rings. The Labute approximate surface area is 160 Å². The first kappa shape index (κ1) is 18.8. The Morgan fingerprint density at radius 1 is 1.23 bits per heavy atom. The predicted molar refractivity (Wildman–Crippen MR) is 105 cm³/mol. The van der Waals surface area contributed by atoms with Gasteiger partial charge >= 0.3 is 0 Å². The molecule has 1 fully saturated rings. The second kappa shape index (κ2) is 8.12. The summed E-state index contributed by atoms with van der Waals surface area (Å²) in [6.45, 7) is 4.14. The summed E-state index contributed by atoms with van der Waals surface area (Å²) in [5.41, 5.74) is 2.34. The quantitative estimate of drug-likeness (QED) is 0.740. The molecule has 1 aliphatic carbocycles. The molecule has 0 unspecified atom stereocenters. The van der Waals surface area contributed by atoms with Gasteiger partial charge < -0.3 is 25.0 Å². The van der Waals surface area contributed by atoms with Crippen LogP contribution >= 0.6 is 12.2 Å². The Balaban J connectivity index is 1.89. The van der Waals surface area contributed by atoms with E-state index >= 15 is 0 Å². The van der Waals surface area contributed by atoms with Gasteiger partial charge in [-0.05, 0) is 61.7 Å². The van der Waals surface area contributed by atoms with E-state index in [1.807, 2.05) is 19.1 Å². The van der Waals surface area contributed by atoms with Crippen molar-refractivity contribution in [3.63, 3.8) is 0 Å². The number of rotatable bonds is 6. The SMILES string of the molecule is CCNC(=S)N1CCc2cc(OC)c(OC)cc2[C@@H]1CNC(=O)C1CC1. The molecular formula is C19H27N3O3S. The van der Waals surface area contributed by atoms with Crippen LogP contribution in [0.3, 0.4) is 0 Å². The van der Waals surface area contributed by atoms with Crippen molar-refractivity contribution in [1.82, 2.24) is 15.5 Å². The minimum absolute atomic E-state index is 0.0205. The van der Waals surface area contributed by atoms with E-state index < -0.39 is 0 Å². The van der Waals surface area contributed by atoms with E-state index in [0.717, 1.165) is 48.8 Å². The molecule has 1 heterocycles. The maximum Gasteiger partial charge on any atom is 0.223 e. The van der Waals surface area contributed by atoms with Gasteiger partial charge in [0.2, 0.25) is 5.91 Å². The fourth-order valence-corrected chi connectivity index (χ4v) is 3.79. The minimum Gasteiger partial charge on any atom is -0.493 e. The van der Waals surface area contributed by atoms with Crippen LogP contribution in [0.15, 0.2) is 12.1 Å².